The summed E-state index contributed by atoms with van der Waals surface area (Å²) in [5.41, 5.74) is 5.45. The van der Waals surface area contributed by atoms with Gasteiger partial charge in [0.15, 0.2) is 0 Å². The number of nitrogens with one attached hydrogen (secondary N) is 1. The van der Waals surface area contributed by atoms with Crippen LogP contribution in [0.5, 0.6) is 0 Å². The van der Waals surface area contributed by atoms with Crippen molar-refractivity contribution in [1.29, 1.82) is 0 Å². The van der Waals surface area contributed by atoms with Crippen molar-refractivity contribution < 1.29 is 14.3 Å². The minimum absolute atomic E-state index is 0.00950. The number of hydrogen-bond donors (Lipinski definition) is 2. The summed E-state index contributed by atoms with van der Waals surface area (Å²) >= 11 is 0. The van der Waals surface area contributed by atoms with Crippen molar-refractivity contribution in [1.82, 2.24) is 5.32 Å². The first-order valence-electron chi connectivity index (χ1n) is 7.43. The zero-order chi connectivity index (χ0) is 15.4. The number of aldehydes is 1. The Morgan fingerprint density at radius 3 is 2.75 bits per heavy atom. The maximum atomic E-state index is 11.4. The van der Waals surface area contributed by atoms with Crippen LogP contribution in [-0.4, -0.2) is 38.0 Å². The molecular weight excluding hydrogens is 256 g/mol. The van der Waals surface area contributed by atoms with Gasteiger partial charge in [-0.15, -0.1) is 0 Å². The highest BCUT2D eigenvalue weighted by molar-refractivity contribution is 5.78. The number of carbonyl (C=O) groups excluding carboxylic acids is 2. The van der Waals surface area contributed by atoms with E-state index >= 15 is 0 Å². The monoisotopic (exact) mass is 286 g/mol. The second-order valence-corrected chi connectivity index (χ2v) is 6.01. The normalized spacial score (nSPS) is 13.0. The topological polar surface area (TPSA) is 81.4 Å². The summed E-state index contributed by atoms with van der Waals surface area (Å²) in [6.45, 7) is 8.24. The highest BCUT2D eigenvalue weighted by atomic mass is 16.5. The molecule has 0 saturated carbocycles. The SMILES string of the molecule is CC(CCCN)OCCC(C)(C)CNC(=O)CCC=O. The van der Waals surface area contributed by atoms with E-state index < -0.39 is 0 Å². The fourth-order valence-corrected chi connectivity index (χ4v) is 1.73. The summed E-state index contributed by atoms with van der Waals surface area (Å²) in [5.74, 6) is -0.0672. The van der Waals surface area contributed by atoms with E-state index in [-0.39, 0.29) is 30.3 Å². The zero-order valence-electron chi connectivity index (χ0n) is 13.1. The Morgan fingerprint density at radius 2 is 2.15 bits per heavy atom. The molecule has 0 radical (unpaired) electrons. The Hall–Kier alpha value is -0.940. The molecule has 0 aromatic carbocycles. The maximum Gasteiger partial charge on any atom is 0.220 e. The van der Waals surface area contributed by atoms with Crippen LogP contribution >= 0.6 is 0 Å². The molecule has 0 heterocycles. The number of ether oxygens (including phenoxy) is 1. The van der Waals surface area contributed by atoms with Gasteiger partial charge in [-0.05, 0) is 38.1 Å². The molecule has 1 unspecified atom stereocenters. The quantitative estimate of drug-likeness (QED) is 0.534. The fourth-order valence-electron chi connectivity index (χ4n) is 1.73. The third-order valence-corrected chi connectivity index (χ3v) is 3.25. The summed E-state index contributed by atoms with van der Waals surface area (Å²) in [6.07, 6.45) is 4.41. The molecule has 0 bridgehead atoms. The summed E-state index contributed by atoms with van der Waals surface area (Å²) < 4.78 is 5.74. The van der Waals surface area contributed by atoms with Gasteiger partial charge in [-0.25, -0.2) is 0 Å². The molecule has 0 aromatic heterocycles. The predicted molar refractivity (Wildman–Crippen MR) is 80.4 cm³/mol. The Morgan fingerprint density at radius 1 is 1.45 bits per heavy atom. The van der Waals surface area contributed by atoms with Crippen molar-refractivity contribution in [3.05, 3.63) is 0 Å². The lowest BCUT2D eigenvalue weighted by Gasteiger charge is -2.25. The molecule has 5 heteroatoms. The first-order valence-corrected chi connectivity index (χ1v) is 7.43. The van der Waals surface area contributed by atoms with E-state index in [4.69, 9.17) is 10.5 Å². The van der Waals surface area contributed by atoms with Crippen LogP contribution in [0.3, 0.4) is 0 Å². The lowest BCUT2D eigenvalue weighted by molar-refractivity contribution is -0.123. The molecule has 0 aliphatic rings. The molecule has 0 aliphatic heterocycles. The van der Waals surface area contributed by atoms with Crippen LogP contribution < -0.4 is 11.1 Å². The van der Waals surface area contributed by atoms with Gasteiger partial charge < -0.3 is 20.6 Å². The fraction of sp³-hybridized carbons (Fsp3) is 0.867. The Labute approximate surface area is 122 Å². The standard InChI is InChI=1S/C15H30N2O3/c1-13(6-4-9-16)20-11-8-15(2,3)12-17-14(19)7-5-10-18/h10,13H,4-9,11-12,16H2,1-3H3,(H,17,19). The second-order valence-electron chi connectivity index (χ2n) is 6.01. The second kappa shape index (κ2) is 10.8. The van der Waals surface area contributed by atoms with Crippen LogP contribution in [0.4, 0.5) is 0 Å². The van der Waals surface area contributed by atoms with Gasteiger partial charge >= 0.3 is 0 Å². The number of hydrogen-bond acceptors (Lipinski definition) is 4. The van der Waals surface area contributed by atoms with Crippen LogP contribution in [-0.2, 0) is 14.3 Å². The van der Waals surface area contributed by atoms with Gasteiger partial charge in [0.1, 0.15) is 6.29 Å². The van der Waals surface area contributed by atoms with E-state index in [0.29, 0.717) is 19.7 Å². The van der Waals surface area contributed by atoms with Gasteiger partial charge in [-0.1, -0.05) is 13.8 Å². The molecule has 0 saturated heterocycles. The number of carbonyl (C=O) groups is 2. The minimum atomic E-state index is -0.0672. The van der Waals surface area contributed by atoms with E-state index in [1.54, 1.807) is 0 Å². The maximum absolute atomic E-state index is 11.4. The van der Waals surface area contributed by atoms with Gasteiger partial charge in [0.25, 0.3) is 0 Å². The van der Waals surface area contributed by atoms with Crippen molar-refractivity contribution in [3.63, 3.8) is 0 Å². The van der Waals surface area contributed by atoms with E-state index in [9.17, 15) is 9.59 Å². The minimum Gasteiger partial charge on any atom is -0.378 e. The van der Waals surface area contributed by atoms with Gasteiger partial charge in [-0.2, -0.15) is 0 Å². The van der Waals surface area contributed by atoms with E-state index in [2.05, 4.69) is 26.1 Å². The molecule has 0 aromatic rings. The van der Waals surface area contributed by atoms with Crippen molar-refractivity contribution in [2.24, 2.45) is 11.1 Å². The predicted octanol–water partition coefficient (Wildman–Crippen LogP) is 1.64. The summed E-state index contributed by atoms with van der Waals surface area (Å²) in [5, 5.41) is 2.86. The lowest BCUT2D eigenvalue weighted by atomic mass is 9.89. The first-order chi connectivity index (χ1) is 9.41. The van der Waals surface area contributed by atoms with Crippen LogP contribution in [0.25, 0.3) is 0 Å². The number of nitrogens with two attached hydrogens (primary N) is 1. The molecule has 118 valence electrons. The molecule has 5 nitrogen and oxygen atoms in total. The lowest BCUT2D eigenvalue weighted by Crippen LogP contribution is -2.34. The third kappa shape index (κ3) is 10.9. The Balaban J connectivity index is 3.77. The van der Waals surface area contributed by atoms with Gasteiger partial charge in [0, 0.05) is 26.0 Å². The van der Waals surface area contributed by atoms with Crippen LogP contribution in [0.15, 0.2) is 0 Å². The van der Waals surface area contributed by atoms with Gasteiger partial charge in [0.05, 0.1) is 6.10 Å². The van der Waals surface area contributed by atoms with Crippen molar-refractivity contribution >= 4 is 12.2 Å². The average molecular weight is 286 g/mol. The molecule has 0 aliphatic carbocycles. The highest BCUT2D eigenvalue weighted by Gasteiger charge is 2.19. The molecular formula is C15H30N2O3. The van der Waals surface area contributed by atoms with Crippen molar-refractivity contribution in [2.45, 2.75) is 59.0 Å². The molecule has 1 amide bonds. The number of amides is 1. The van der Waals surface area contributed by atoms with E-state index in [1.165, 1.54) is 0 Å². The summed E-state index contributed by atoms with van der Waals surface area (Å²) in [6, 6.07) is 0. The molecule has 0 fully saturated rings. The zero-order valence-corrected chi connectivity index (χ0v) is 13.1. The third-order valence-electron chi connectivity index (χ3n) is 3.25. The van der Waals surface area contributed by atoms with Gasteiger partial charge in [0.2, 0.25) is 5.91 Å². The molecule has 0 spiro atoms. The highest BCUT2D eigenvalue weighted by Crippen LogP contribution is 2.19. The Kier molecular flexibility index (Phi) is 10.3. The van der Waals surface area contributed by atoms with Crippen LogP contribution in [0.2, 0.25) is 0 Å². The van der Waals surface area contributed by atoms with Crippen LogP contribution in [0, 0.1) is 5.41 Å². The molecule has 3 N–H and O–H groups in total. The van der Waals surface area contributed by atoms with Crippen molar-refractivity contribution in [2.75, 3.05) is 19.7 Å². The first kappa shape index (κ1) is 19.1. The largest absolute Gasteiger partial charge is 0.378 e. The summed E-state index contributed by atoms with van der Waals surface area (Å²) in [7, 11) is 0. The van der Waals surface area contributed by atoms with E-state index in [1.807, 2.05) is 0 Å². The smallest absolute Gasteiger partial charge is 0.220 e. The molecule has 20 heavy (non-hydrogen) atoms. The average Bonchev–Trinajstić information content (AvgIpc) is 2.40. The summed E-state index contributed by atoms with van der Waals surface area (Å²) in [4.78, 5) is 21.6. The van der Waals surface area contributed by atoms with E-state index in [0.717, 1.165) is 25.5 Å². The molecule has 1 atom stereocenters. The number of rotatable bonds is 12. The Bertz CT molecular complexity index is 280. The van der Waals surface area contributed by atoms with Crippen LogP contribution in [0.1, 0.15) is 52.9 Å². The van der Waals surface area contributed by atoms with Gasteiger partial charge in [-0.3, -0.25) is 4.79 Å². The molecule has 0 rings (SSSR count). The van der Waals surface area contributed by atoms with Crippen molar-refractivity contribution in [3.8, 4) is 0 Å².